The minimum absolute atomic E-state index is 0.0103. The Morgan fingerprint density at radius 1 is 0.732 bits per heavy atom. The third-order valence-electron chi connectivity index (χ3n) is 6.16. The number of nitrogens with zero attached hydrogens (tertiary/aromatic N) is 1. The quantitative estimate of drug-likeness (QED) is 0.130. The number of rotatable bonds is 15. The standard InChI is InChI=1S/C28H32N6O7/c29-20(11-17-7-3-1-4-8-17)25(37)32-22(14-24(35)36)27(39)33-21(13-19-15-30-16-31-19)26(38)34-23(28(40)41)12-18-9-5-2-6-10-18/h1-10,15-16,20-23H,11-14,29H2,(H,30,31)(H,32,37)(H,33,39)(H,34,38)(H,35,36)(H,40,41). The number of benzene rings is 2. The summed E-state index contributed by atoms with van der Waals surface area (Å²) in [6, 6.07) is 12.3. The Bertz CT molecular complexity index is 1320. The number of amides is 3. The molecule has 13 heteroatoms. The Kier molecular flexibility index (Phi) is 11.1. The summed E-state index contributed by atoms with van der Waals surface area (Å²) in [5, 5.41) is 26.3. The number of hydrogen-bond acceptors (Lipinski definition) is 7. The normalized spacial score (nSPS) is 13.7. The predicted molar refractivity (Wildman–Crippen MR) is 146 cm³/mol. The van der Waals surface area contributed by atoms with Crippen LogP contribution in [0.1, 0.15) is 23.2 Å². The summed E-state index contributed by atoms with van der Waals surface area (Å²) in [7, 11) is 0. The molecule has 0 aliphatic carbocycles. The first-order chi connectivity index (χ1) is 19.6. The van der Waals surface area contributed by atoms with E-state index >= 15 is 0 Å². The van der Waals surface area contributed by atoms with Crippen LogP contribution in [0, 0.1) is 0 Å². The van der Waals surface area contributed by atoms with Crippen LogP contribution in [0.2, 0.25) is 0 Å². The van der Waals surface area contributed by atoms with Crippen LogP contribution >= 0.6 is 0 Å². The summed E-state index contributed by atoms with van der Waals surface area (Å²) in [5.74, 6) is -5.18. The molecular weight excluding hydrogens is 532 g/mol. The van der Waals surface area contributed by atoms with Crippen molar-refractivity contribution >= 4 is 29.7 Å². The molecule has 0 bridgehead atoms. The molecular formula is C28H32N6O7. The van der Waals surface area contributed by atoms with Crippen molar-refractivity contribution < 1.29 is 34.2 Å². The van der Waals surface area contributed by atoms with E-state index in [0.29, 0.717) is 11.3 Å². The molecule has 4 atom stereocenters. The SMILES string of the molecule is NC(Cc1ccccc1)C(=O)NC(CC(=O)O)C(=O)NC(Cc1cnc[nH]1)C(=O)NC(Cc1ccccc1)C(=O)O. The first-order valence-corrected chi connectivity index (χ1v) is 12.8. The average molecular weight is 565 g/mol. The lowest BCUT2D eigenvalue weighted by atomic mass is 10.0. The number of hydrogen-bond donors (Lipinski definition) is 7. The fourth-order valence-electron chi connectivity index (χ4n) is 4.04. The van der Waals surface area contributed by atoms with E-state index in [9.17, 15) is 34.2 Å². The Morgan fingerprint density at radius 2 is 1.27 bits per heavy atom. The van der Waals surface area contributed by atoms with Crippen LogP contribution in [0.4, 0.5) is 0 Å². The molecule has 0 aliphatic rings. The minimum Gasteiger partial charge on any atom is -0.481 e. The number of H-pyrrole nitrogens is 1. The highest BCUT2D eigenvalue weighted by molar-refractivity contribution is 5.95. The summed E-state index contributed by atoms with van der Waals surface area (Å²) in [6.07, 6.45) is 2.03. The smallest absolute Gasteiger partial charge is 0.326 e. The van der Waals surface area contributed by atoms with Crippen molar-refractivity contribution in [2.45, 2.75) is 49.9 Å². The van der Waals surface area contributed by atoms with E-state index in [-0.39, 0.29) is 19.3 Å². The van der Waals surface area contributed by atoms with Crippen LogP contribution in [0.15, 0.2) is 73.2 Å². The van der Waals surface area contributed by atoms with Crippen LogP contribution in [-0.4, -0.2) is 74.0 Å². The molecule has 4 unspecified atom stereocenters. The second kappa shape index (κ2) is 14.9. The monoisotopic (exact) mass is 564 g/mol. The van der Waals surface area contributed by atoms with E-state index in [1.54, 1.807) is 60.7 Å². The molecule has 0 radical (unpaired) electrons. The lowest BCUT2D eigenvalue weighted by Crippen LogP contribution is -2.58. The van der Waals surface area contributed by atoms with Crippen molar-refractivity contribution in [1.82, 2.24) is 25.9 Å². The summed E-state index contributed by atoms with van der Waals surface area (Å²) in [6.45, 7) is 0. The number of nitrogens with one attached hydrogen (secondary N) is 4. The zero-order valence-electron chi connectivity index (χ0n) is 22.0. The van der Waals surface area contributed by atoms with Gasteiger partial charge in [-0.3, -0.25) is 19.2 Å². The average Bonchev–Trinajstić information content (AvgIpc) is 3.46. The van der Waals surface area contributed by atoms with Crippen LogP contribution < -0.4 is 21.7 Å². The summed E-state index contributed by atoms with van der Waals surface area (Å²) in [5.41, 5.74) is 7.89. The number of carbonyl (C=O) groups excluding carboxylic acids is 3. The van der Waals surface area contributed by atoms with Gasteiger partial charge in [0.05, 0.1) is 18.8 Å². The molecule has 0 aliphatic heterocycles. The third kappa shape index (κ3) is 9.89. The lowest BCUT2D eigenvalue weighted by molar-refractivity contribution is -0.143. The number of carboxylic acids is 2. The van der Waals surface area contributed by atoms with Gasteiger partial charge in [0.2, 0.25) is 17.7 Å². The highest BCUT2D eigenvalue weighted by Crippen LogP contribution is 2.07. The Labute approximate surface area is 235 Å². The van der Waals surface area contributed by atoms with Gasteiger partial charge in [0.1, 0.15) is 18.1 Å². The Morgan fingerprint density at radius 3 is 1.80 bits per heavy atom. The number of aromatic amines is 1. The van der Waals surface area contributed by atoms with Crippen molar-refractivity contribution in [3.05, 3.63) is 90.0 Å². The zero-order chi connectivity index (χ0) is 29.8. The highest BCUT2D eigenvalue weighted by atomic mass is 16.4. The Hall–Kier alpha value is -5.04. The van der Waals surface area contributed by atoms with Gasteiger partial charge in [0.15, 0.2) is 0 Å². The van der Waals surface area contributed by atoms with Crippen LogP contribution in [-0.2, 0) is 43.2 Å². The molecule has 0 spiro atoms. The van der Waals surface area contributed by atoms with E-state index in [0.717, 1.165) is 5.56 Å². The van der Waals surface area contributed by atoms with Crippen LogP contribution in [0.3, 0.4) is 0 Å². The molecule has 3 rings (SSSR count). The molecule has 0 saturated heterocycles. The van der Waals surface area contributed by atoms with E-state index in [4.69, 9.17) is 5.73 Å². The number of carboxylic acid groups (broad SMARTS) is 2. The molecule has 0 saturated carbocycles. The molecule has 13 nitrogen and oxygen atoms in total. The summed E-state index contributed by atoms with van der Waals surface area (Å²) < 4.78 is 0. The fraction of sp³-hybridized carbons (Fsp3) is 0.286. The van der Waals surface area contributed by atoms with E-state index in [1.165, 1.54) is 12.5 Å². The van der Waals surface area contributed by atoms with Gasteiger partial charge in [-0.15, -0.1) is 0 Å². The maximum Gasteiger partial charge on any atom is 0.326 e. The van der Waals surface area contributed by atoms with E-state index in [2.05, 4.69) is 25.9 Å². The van der Waals surface area contributed by atoms with Gasteiger partial charge in [0.25, 0.3) is 0 Å². The summed E-state index contributed by atoms with van der Waals surface area (Å²) in [4.78, 5) is 69.3. The summed E-state index contributed by atoms with van der Waals surface area (Å²) >= 11 is 0. The molecule has 3 aromatic rings. The highest BCUT2D eigenvalue weighted by Gasteiger charge is 2.32. The van der Waals surface area contributed by atoms with Crippen molar-refractivity contribution in [2.24, 2.45) is 5.73 Å². The second-order valence-electron chi connectivity index (χ2n) is 9.39. The van der Waals surface area contributed by atoms with Crippen molar-refractivity contribution in [2.75, 3.05) is 0 Å². The van der Waals surface area contributed by atoms with Gasteiger partial charge in [-0.2, -0.15) is 0 Å². The van der Waals surface area contributed by atoms with Crippen molar-refractivity contribution in [1.29, 1.82) is 0 Å². The van der Waals surface area contributed by atoms with E-state index in [1.807, 2.05) is 0 Å². The van der Waals surface area contributed by atoms with Gasteiger partial charge >= 0.3 is 11.9 Å². The minimum atomic E-state index is -1.56. The van der Waals surface area contributed by atoms with Gasteiger partial charge in [0, 0.05) is 24.7 Å². The second-order valence-corrected chi connectivity index (χ2v) is 9.39. The lowest BCUT2D eigenvalue weighted by Gasteiger charge is -2.24. The third-order valence-corrected chi connectivity index (χ3v) is 6.16. The molecule has 3 amide bonds. The van der Waals surface area contributed by atoms with Gasteiger partial charge in [-0.25, -0.2) is 9.78 Å². The molecule has 1 aromatic heterocycles. The molecule has 216 valence electrons. The van der Waals surface area contributed by atoms with Gasteiger partial charge in [-0.1, -0.05) is 60.7 Å². The first kappa shape index (κ1) is 30.5. The number of aliphatic carboxylic acids is 2. The maximum absolute atomic E-state index is 13.2. The van der Waals surface area contributed by atoms with Crippen molar-refractivity contribution in [3.63, 3.8) is 0 Å². The largest absolute Gasteiger partial charge is 0.481 e. The molecule has 0 fully saturated rings. The maximum atomic E-state index is 13.2. The van der Waals surface area contributed by atoms with Gasteiger partial charge in [-0.05, 0) is 17.5 Å². The zero-order valence-corrected chi connectivity index (χ0v) is 22.0. The molecule has 41 heavy (non-hydrogen) atoms. The number of aromatic nitrogens is 2. The number of imidazole rings is 1. The molecule has 8 N–H and O–H groups in total. The van der Waals surface area contributed by atoms with E-state index < -0.39 is 60.2 Å². The number of nitrogens with two attached hydrogens (primary N) is 1. The van der Waals surface area contributed by atoms with Crippen molar-refractivity contribution in [3.8, 4) is 0 Å². The van der Waals surface area contributed by atoms with Crippen LogP contribution in [0.25, 0.3) is 0 Å². The van der Waals surface area contributed by atoms with Gasteiger partial charge < -0.3 is 36.9 Å². The molecule has 2 aromatic carbocycles. The van der Waals surface area contributed by atoms with Crippen LogP contribution in [0.5, 0.6) is 0 Å². The topological polar surface area (TPSA) is 217 Å². The predicted octanol–water partition coefficient (Wildman–Crippen LogP) is -0.221. The first-order valence-electron chi connectivity index (χ1n) is 12.8. The Balaban J connectivity index is 1.74. The molecule has 1 heterocycles. The number of carbonyl (C=O) groups is 5. The fourth-order valence-corrected chi connectivity index (χ4v) is 4.04.